The molecule has 0 spiro atoms. The fourth-order valence-corrected chi connectivity index (χ4v) is 3.47. The minimum Gasteiger partial charge on any atom is -0.392 e. The Morgan fingerprint density at radius 3 is 2.55 bits per heavy atom. The van der Waals surface area contributed by atoms with Crippen molar-refractivity contribution in [1.82, 2.24) is 5.32 Å². The maximum absolute atomic E-state index is 12.4. The minimum atomic E-state index is -0.204. The van der Waals surface area contributed by atoms with E-state index in [1.54, 1.807) is 6.07 Å². The third-order valence-corrected chi connectivity index (χ3v) is 4.78. The number of carbonyl (C=O) groups is 1. The molecule has 20 heavy (non-hydrogen) atoms. The van der Waals surface area contributed by atoms with Crippen molar-refractivity contribution in [3.05, 3.63) is 34.3 Å². The molecule has 1 unspecified atom stereocenters. The van der Waals surface area contributed by atoms with E-state index in [0.29, 0.717) is 16.5 Å². The number of halogens is 1. The molecule has 3 nitrogen and oxygen atoms in total. The van der Waals surface area contributed by atoms with E-state index in [-0.39, 0.29) is 11.9 Å². The maximum atomic E-state index is 12.4. The molecule has 1 aliphatic carbocycles. The highest BCUT2D eigenvalue weighted by atomic mass is 79.9. The predicted molar refractivity (Wildman–Crippen MR) is 88.8 cm³/mol. The number of rotatable bonds is 4. The summed E-state index contributed by atoms with van der Waals surface area (Å²) in [6.07, 6.45) is 5.80. The number of amides is 1. The molecule has 108 valence electrons. The first kappa shape index (κ1) is 15.4. The van der Waals surface area contributed by atoms with Crippen LogP contribution >= 0.6 is 28.1 Å². The Morgan fingerprint density at radius 2 is 1.95 bits per heavy atom. The number of carbonyl (C=O) groups excluding carboxylic acids is 1. The average Bonchev–Trinajstić information content (AvgIpc) is 2.45. The first-order chi connectivity index (χ1) is 9.59. The van der Waals surface area contributed by atoms with Gasteiger partial charge < -0.3 is 11.1 Å². The van der Waals surface area contributed by atoms with Crippen molar-refractivity contribution in [2.45, 2.75) is 38.1 Å². The second-order valence-corrected chi connectivity index (χ2v) is 6.56. The summed E-state index contributed by atoms with van der Waals surface area (Å²) in [5, 5.41) is 3.01. The quantitative estimate of drug-likeness (QED) is 0.814. The Hall–Kier alpha value is -0.940. The zero-order valence-corrected chi connectivity index (χ0v) is 13.7. The minimum absolute atomic E-state index is 0.124. The van der Waals surface area contributed by atoms with Gasteiger partial charge >= 0.3 is 0 Å². The van der Waals surface area contributed by atoms with Crippen LogP contribution in [0.15, 0.2) is 28.7 Å². The predicted octanol–water partition coefficient (Wildman–Crippen LogP) is 3.41. The van der Waals surface area contributed by atoms with Crippen LogP contribution < -0.4 is 11.1 Å². The van der Waals surface area contributed by atoms with Gasteiger partial charge in [0, 0.05) is 4.47 Å². The summed E-state index contributed by atoms with van der Waals surface area (Å²) in [4.78, 5) is 12.8. The molecule has 2 rings (SSSR count). The summed E-state index contributed by atoms with van der Waals surface area (Å²) >= 11 is 8.55. The lowest BCUT2D eigenvalue weighted by molar-refractivity contribution is 0.0931. The number of hydrogen-bond donors (Lipinski definition) is 2. The normalized spacial score (nSPS) is 17.4. The van der Waals surface area contributed by atoms with Crippen molar-refractivity contribution in [3.8, 4) is 0 Å². The number of thiocarbonyl (C=S) groups is 1. The summed E-state index contributed by atoms with van der Waals surface area (Å²) < 4.78 is 0.780. The van der Waals surface area contributed by atoms with Crippen LogP contribution in [0.3, 0.4) is 0 Å². The van der Waals surface area contributed by atoms with E-state index in [9.17, 15) is 4.79 Å². The lowest BCUT2D eigenvalue weighted by Crippen LogP contribution is -2.48. The highest BCUT2D eigenvalue weighted by Gasteiger charge is 2.27. The third kappa shape index (κ3) is 3.79. The largest absolute Gasteiger partial charge is 0.392 e. The fraction of sp³-hybridized carbons (Fsp3) is 0.467. The molecule has 3 N–H and O–H groups in total. The summed E-state index contributed by atoms with van der Waals surface area (Å²) in [6, 6.07) is 7.16. The van der Waals surface area contributed by atoms with E-state index in [2.05, 4.69) is 21.2 Å². The van der Waals surface area contributed by atoms with Crippen molar-refractivity contribution in [2.75, 3.05) is 0 Å². The van der Waals surface area contributed by atoms with Gasteiger partial charge in [0.25, 0.3) is 5.91 Å². The van der Waals surface area contributed by atoms with Crippen LogP contribution in [0.25, 0.3) is 0 Å². The fourth-order valence-electron chi connectivity index (χ4n) is 2.75. The van der Waals surface area contributed by atoms with Crippen LogP contribution in [-0.4, -0.2) is 16.9 Å². The first-order valence-corrected chi connectivity index (χ1v) is 8.14. The van der Waals surface area contributed by atoms with Crippen LogP contribution in [-0.2, 0) is 0 Å². The number of nitrogens with one attached hydrogen (secondary N) is 1. The standard InChI is InChI=1S/C15H19BrN2OS/c16-12-9-5-4-8-11(12)15(19)18-13(14(17)20)10-6-2-1-3-7-10/h4-5,8-10,13H,1-3,6-7H2,(H2,17,20)(H,18,19). The van der Waals surface area contributed by atoms with Gasteiger partial charge in [0.15, 0.2) is 0 Å². The van der Waals surface area contributed by atoms with Crippen LogP contribution in [0.1, 0.15) is 42.5 Å². The molecule has 0 saturated heterocycles. The Kier molecular flexibility index (Phi) is 5.54. The topological polar surface area (TPSA) is 55.1 Å². The van der Waals surface area contributed by atoms with Gasteiger partial charge in [-0.3, -0.25) is 4.79 Å². The van der Waals surface area contributed by atoms with Gasteiger partial charge in [0.2, 0.25) is 0 Å². The molecule has 0 bridgehead atoms. The Labute approximate surface area is 133 Å². The summed E-state index contributed by atoms with van der Waals surface area (Å²) in [7, 11) is 0. The summed E-state index contributed by atoms with van der Waals surface area (Å²) in [5.74, 6) is 0.244. The lowest BCUT2D eigenvalue weighted by Gasteiger charge is -2.30. The summed E-state index contributed by atoms with van der Waals surface area (Å²) in [6.45, 7) is 0. The van der Waals surface area contributed by atoms with Crippen molar-refractivity contribution >= 4 is 39.0 Å². The zero-order chi connectivity index (χ0) is 14.5. The van der Waals surface area contributed by atoms with Crippen molar-refractivity contribution < 1.29 is 4.79 Å². The van der Waals surface area contributed by atoms with E-state index in [1.807, 2.05) is 18.2 Å². The van der Waals surface area contributed by atoms with E-state index in [0.717, 1.165) is 17.3 Å². The molecule has 0 heterocycles. The van der Waals surface area contributed by atoms with Crippen LogP contribution in [0, 0.1) is 5.92 Å². The van der Waals surface area contributed by atoms with Gasteiger partial charge in [-0.1, -0.05) is 43.6 Å². The van der Waals surface area contributed by atoms with Crippen LogP contribution in [0.5, 0.6) is 0 Å². The van der Waals surface area contributed by atoms with Crippen LogP contribution in [0.4, 0.5) is 0 Å². The third-order valence-electron chi connectivity index (χ3n) is 3.83. The highest BCUT2D eigenvalue weighted by molar-refractivity contribution is 9.10. The molecule has 1 aliphatic rings. The van der Waals surface area contributed by atoms with Gasteiger partial charge in [-0.25, -0.2) is 0 Å². The maximum Gasteiger partial charge on any atom is 0.252 e. The van der Waals surface area contributed by atoms with E-state index < -0.39 is 0 Å². The molecule has 0 aromatic heterocycles. The molecule has 5 heteroatoms. The SMILES string of the molecule is NC(=S)C(NC(=O)c1ccccc1Br)C1CCCCC1. The molecule has 0 radical (unpaired) electrons. The van der Waals surface area contributed by atoms with E-state index in [1.165, 1.54) is 19.3 Å². The first-order valence-electron chi connectivity index (χ1n) is 6.94. The van der Waals surface area contributed by atoms with Crippen LogP contribution in [0.2, 0.25) is 0 Å². The smallest absolute Gasteiger partial charge is 0.252 e. The van der Waals surface area contributed by atoms with Gasteiger partial charge in [0.1, 0.15) is 0 Å². The van der Waals surface area contributed by atoms with Crippen molar-refractivity contribution in [1.29, 1.82) is 0 Å². The molecule has 1 saturated carbocycles. The molecule has 0 aliphatic heterocycles. The monoisotopic (exact) mass is 354 g/mol. The van der Waals surface area contributed by atoms with E-state index >= 15 is 0 Å². The zero-order valence-electron chi connectivity index (χ0n) is 11.3. The molecule has 1 fully saturated rings. The number of nitrogens with two attached hydrogens (primary N) is 1. The van der Waals surface area contributed by atoms with E-state index in [4.69, 9.17) is 18.0 Å². The second kappa shape index (κ2) is 7.18. The molecule has 1 amide bonds. The molecular formula is C15H19BrN2OS. The van der Waals surface area contributed by atoms with Gasteiger partial charge in [0.05, 0.1) is 16.6 Å². The van der Waals surface area contributed by atoms with Gasteiger partial charge in [-0.2, -0.15) is 0 Å². The summed E-state index contributed by atoms with van der Waals surface area (Å²) in [5.41, 5.74) is 6.45. The number of hydrogen-bond acceptors (Lipinski definition) is 2. The molecule has 1 atom stereocenters. The molecule has 1 aromatic rings. The van der Waals surface area contributed by atoms with Gasteiger partial charge in [-0.05, 0) is 46.8 Å². The highest BCUT2D eigenvalue weighted by Crippen LogP contribution is 2.27. The Bertz CT molecular complexity index is 500. The van der Waals surface area contributed by atoms with Gasteiger partial charge in [-0.15, -0.1) is 0 Å². The molecule has 1 aromatic carbocycles. The molecular weight excluding hydrogens is 336 g/mol. The number of benzene rings is 1. The second-order valence-electron chi connectivity index (χ2n) is 5.23. The lowest BCUT2D eigenvalue weighted by atomic mass is 9.83. The Balaban J connectivity index is 2.10. The van der Waals surface area contributed by atoms with Crippen molar-refractivity contribution in [2.24, 2.45) is 11.7 Å². The average molecular weight is 355 g/mol. The van der Waals surface area contributed by atoms with Crippen molar-refractivity contribution in [3.63, 3.8) is 0 Å². The Morgan fingerprint density at radius 1 is 1.30 bits per heavy atom.